The Kier molecular flexibility index (Phi) is 7.96. The summed E-state index contributed by atoms with van der Waals surface area (Å²) < 4.78 is 0. The largest absolute Gasteiger partial charge is 0.356 e. The van der Waals surface area contributed by atoms with Gasteiger partial charge >= 0.3 is 0 Å². The molecule has 0 aliphatic rings. The van der Waals surface area contributed by atoms with Gasteiger partial charge in [-0.3, -0.25) is 9.59 Å². The highest BCUT2D eigenvalue weighted by atomic mass is 35.5. The fraction of sp³-hybridized carbons (Fsp3) is 0.529. The molecule has 22 heavy (non-hydrogen) atoms. The monoisotopic (exact) mass is 324 g/mol. The Hall–Kier alpha value is -1.55. The second-order valence-electron chi connectivity index (χ2n) is 5.41. The van der Waals surface area contributed by atoms with E-state index in [1.54, 1.807) is 11.0 Å². The fourth-order valence-corrected chi connectivity index (χ4v) is 2.30. The zero-order valence-corrected chi connectivity index (χ0v) is 14.4. The topological polar surface area (TPSA) is 49.4 Å². The summed E-state index contributed by atoms with van der Waals surface area (Å²) in [6.45, 7) is 6.58. The van der Waals surface area contributed by atoms with Crippen molar-refractivity contribution < 1.29 is 9.59 Å². The summed E-state index contributed by atoms with van der Waals surface area (Å²) in [4.78, 5) is 25.2. The van der Waals surface area contributed by atoms with Gasteiger partial charge in [-0.15, -0.1) is 0 Å². The van der Waals surface area contributed by atoms with Crippen LogP contribution < -0.4 is 10.2 Å². The number of nitrogens with zero attached hydrogens (tertiary/aromatic N) is 1. The predicted molar refractivity (Wildman–Crippen MR) is 91.4 cm³/mol. The van der Waals surface area contributed by atoms with Crippen LogP contribution >= 0.6 is 11.6 Å². The molecule has 0 heterocycles. The number of rotatable bonds is 8. The number of hydrogen-bond acceptors (Lipinski definition) is 2. The number of unbranched alkanes of at least 4 members (excludes halogenated alkanes) is 2. The van der Waals surface area contributed by atoms with Crippen LogP contribution in [0, 0.1) is 6.92 Å². The summed E-state index contributed by atoms with van der Waals surface area (Å²) >= 11 is 6.11. The van der Waals surface area contributed by atoms with E-state index < -0.39 is 0 Å². The summed E-state index contributed by atoms with van der Waals surface area (Å²) in [5.41, 5.74) is 1.68. The first kappa shape index (κ1) is 18.5. The second kappa shape index (κ2) is 9.46. The predicted octanol–water partition coefficient (Wildman–Crippen LogP) is 3.70. The maximum absolute atomic E-state index is 11.8. The Morgan fingerprint density at radius 3 is 2.59 bits per heavy atom. The van der Waals surface area contributed by atoms with Crippen molar-refractivity contribution in [3.05, 3.63) is 28.8 Å². The highest BCUT2D eigenvalue weighted by molar-refractivity contribution is 6.31. The normalized spacial score (nSPS) is 10.4. The number of aryl methyl sites for hydroxylation is 1. The van der Waals surface area contributed by atoms with Crippen molar-refractivity contribution in [1.29, 1.82) is 0 Å². The van der Waals surface area contributed by atoms with Gasteiger partial charge in [0.2, 0.25) is 11.8 Å². The lowest BCUT2D eigenvalue weighted by molar-refractivity contribution is -0.121. The van der Waals surface area contributed by atoms with Gasteiger partial charge in [-0.05, 0) is 31.0 Å². The summed E-state index contributed by atoms with van der Waals surface area (Å²) in [5.74, 6) is -0.126. The molecule has 1 N–H and O–H groups in total. The molecule has 1 aromatic carbocycles. The molecule has 5 heteroatoms. The van der Waals surface area contributed by atoms with Crippen molar-refractivity contribution >= 4 is 29.1 Å². The molecule has 0 aliphatic carbocycles. The van der Waals surface area contributed by atoms with Crippen molar-refractivity contribution in [1.82, 2.24) is 5.32 Å². The maximum atomic E-state index is 11.8. The van der Waals surface area contributed by atoms with Gasteiger partial charge in [-0.1, -0.05) is 37.4 Å². The molecule has 0 bridgehead atoms. The molecule has 1 aromatic rings. The molecule has 0 fully saturated rings. The number of anilines is 1. The Labute approximate surface area is 137 Å². The van der Waals surface area contributed by atoms with Crippen LogP contribution in [0.3, 0.4) is 0 Å². The minimum absolute atomic E-state index is 0.0273. The number of carbonyl (C=O) groups is 2. The molecule has 0 saturated heterocycles. The van der Waals surface area contributed by atoms with E-state index >= 15 is 0 Å². The van der Waals surface area contributed by atoms with E-state index in [1.165, 1.54) is 6.92 Å². The van der Waals surface area contributed by atoms with Crippen molar-refractivity contribution in [2.24, 2.45) is 0 Å². The number of hydrogen-bond donors (Lipinski definition) is 1. The van der Waals surface area contributed by atoms with Crippen LogP contribution in [0.15, 0.2) is 18.2 Å². The molecule has 0 aliphatic heterocycles. The smallest absolute Gasteiger partial charge is 0.223 e. The molecule has 0 atom stereocenters. The zero-order valence-electron chi connectivity index (χ0n) is 13.6. The van der Waals surface area contributed by atoms with E-state index in [4.69, 9.17) is 11.6 Å². The van der Waals surface area contributed by atoms with Crippen molar-refractivity contribution in [2.75, 3.05) is 18.0 Å². The Bertz CT molecular complexity index is 517. The average molecular weight is 325 g/mol. The van der Waals surface area contributed by atoms with Gasteiger partial charge in [0, 0.05) is 37.1 Å². The van der Waals surface area contributed by atoms with Crippen molar-refractivity contribution in [3.8, 4) is 0 Å². The molecule has 0 aromatic heterocycles. The number of halogens is 1. The number of amides is 2. The highest BCUT2D eigenvalue weighted by Crippen LogP contribution is 2.23. The lowest BCUT2D eigenvalue weighted by Gasteiger charge is -2.21. The molecular formula is C17H25ClN2O2. The SMILES string of the molecule is CCCCCNC(=O)CCN(C(C)=O)c1ccc(C)c(Cl)c1. The van der Waals surface area contributed by atoms with E-state index in [0.29, 0.717) is 18.1 Å². The van der Waals surface area contributed by atoms with Gasteiger partial charge in [0.15, 0.2) is 0 Å². The third kappa shape index (κ3) is 6.06. The van der Waals surface area contributed by atoms with Crippen LogP contribution in [0.25, 0.3) is 0 Å². The maximum Gasteiger partial charge on any atom is 0.223 e. The van der Waals surface area contributed by atoms with Crippen molar-refractivity contribution in [3.63, 3.8) is 0 Å². The van der Waals surface area contributed by atoms with Crippen molar-refractivity contribution in [2.45, 2.75) is 46.5 Å². The summed E-state index contributed by atoms with van der Waals surface area (Å²) in [5, 5.41) is 3.50. The molecule has 0 radical (unpaired) electrons. The van der Waals surface area contributed by atoms with Crippen LogP contribution in [0.5, 0.6) is 0 Å². The lowest BCUT2D eigenvalue weighted by atomic mass is 10.2. The Balaban J connectivity index is 2.56. The van der Waals surface area contributed by atoms with Gasteiger partial charge in [-0.25, -0.2) is 0 Å². The first-order chi connectivity index (χ1) is 10.5. The molecular weight excluding hydrogens is 300 g/mol. The minimum atomic E-state index is -0.0984. The van der Waals surface area contributed by atoms with Crippen LogP contribution in [0.2, 0.25) is 5.02 Å². The summed E-state index contributed by atoms with van der Waals surface area (Å²) in [6.07, 6.45) is 3.52. The van der Waals surface area contributed by atoms with Crippen LogP contribution in [-0.4, -0.2) is 24.9 Å². The first-order valence-corrected chi connectivity index (χ1v) is 8.14. The molecule has 2 amide bonds. The van der Waals surface area contributed by atoms with E-state index in [-0.39, 0.29) is 18.2 Å². The standard InChI is InChI=1S/C17H25ClN2O2/c1-4-5-6-10-19-17(22)9-11-20(14(3)21)15-8-7-13(2)16(18)12-15/h7-8,12H,4-6,9-11H2,1-3H3,(H,19,22). The average Bonchev–Trinajstić information content (AvgIpc) is 2.47. The van der Waals surface area contributed by atoms with Gasteiger partial charge in [-0.2, -0.15) is 0 Å². The Morgan fingerprint density at radius 1 is 1.27 bits per heavy atom. The highest BCUT2D eigenvalue weighted by Gasteiger charge is 2.14. The number of nitrogens with one attached hydrogen (secondary N) is 1. The number of benzene rings is 1. The van der Waals surface area contributed by atoms with Crippen LogP contribution in [-0.2, 0) is 9.59 Å². The van der Waals surface area contributed by atoms with E-state index in [0.717, 1.165) is 30.5 Å². The molecule has 0 spiro atoms. The Morgan fingerprint density at radius 2 is 2.00 bits per heavy atom. The van der Waals surface area contributed by atoms with Gasteiger partial charge in [0.1, 0.15) is 0 Å². The number of carbonyl (C=O) groups excluding carboxylic acids is 2. The van der Waals surface area contributed by atoms with Gasteiger partial charge in [0.25, 0.3) is 0 Å². The van der Waals surface area contributed by atoms with Crippen LogP contribution in [0.1, 0.15) is 45.1 Å². The zero-order chi connectivity index (χ0) is 16.5. The quantitative estimate of drug-likeness (QED) is 0.741. The summed E-state index contributed by atoms with van der Waals surface area (Å²) in [7, 11) is 0. The molecule has 4 nitrogen and oxygen atoms in total. The lowest BCUT2D eigenvalue weighted by Crippen LogP contribution is -2.34. The minimum Gasteiger partial charge on any atom is -0.356 e. The van der Waals surface area contributed by atoms with Crippen LogP contribution in [0.4, 0.5) is 5.69 Å². The molecule has 1 rings (SSSR count). The van der Waals surface area contributed by atoms with Gasteiger partial charge in [0.05, 0.1) is 0 Å². The third-order valence-electron chi connectivity index (χ3n) is 3.51. The van der Waals surface area contributed by atoms with E-state index in [9.17, 15) is 9.59 Å². The first-order valence-electron chi connectivity index (χ1n) is 7.76. The molecule has 0 unspecified atom stereocenters. The molecule has 122 valence electrons. The summed E-state index contributed by atoms with van der Waals surface area (Å²) in [6, 6.07) is 5.48. The second-order valence-corrected chi connectivity index (χ2v) is 5.82. The fourth-order valence-electron chi connectivity index (χ4n) is 2.12. The molecule has 0 saturated carbocycles. The van der Waals surface area contributed by atoms with E-state index in [2.05, 4.69) is 12.2 Å². The third-order valence-corrected chi connectivity index (χ3v) is 3.92. The van der Waals surface area contributed by atoms with E-state index in [1.807, 2.05) is 19.1 Å². The van der Waals surface area contributed by atoms with Gasteiger partial charge < -0.3 is 10.2 Å².